The van der Waals surface area contributed by atoms with E-state index in [2.05, 4.69) is 37.8 Å². The van der Waals surface area contributed by atoms with E-state index < -0.39 is 0 Å². The Balaban J connectivity index is 1.75. The van der Waals surface area contributed by atoms with Crippen molar-refractivity contribution in [3.63, 3.8) is 0 Å². The molecular formula is C26H41NO4. The highest BCUT2D eigenvalue weighted by Gasteiger charge is 2.40. The third-order valence-corrected chi connectivity index (χ3v) is 6.99. The minimum absolute atomic E-state index is 0.0328. The van der Waals surface area contributed by atoms with Crippen LogP contribution in [0, 0.1) is 17.8 Å². The average molecular weight is 432 g/mol. The molecule has 0 aromatic heterocycles. The van der Waals surface area contributed by atoms with Crippen molar-refractivity contribution in [1.29, 1.82) is 0 Å². The van der Waals surface area contributed by atoms with Crippen molar-refractivity contribution in [2.24, 2.45) is 17.8 Å². The van der Waals surface area contributed by atoms with E-state index in [0.29, 0.717) is 36.8 Å². The summed E-state index contributed by atoms with van der Waals surface area (Å²) in [7, 11) is 3.40. The molecule has 2 aliphatic heterocycles. The summed E-state index contributed by atoms with van der Waals surface area (Å²) >= 11 is 0. The Morgan fingerprint density at radius 3 is 2.55 bits per heavy atom. The van der Waals surface area contributed by atoms with E-state index in [1.807, 2.05) is 0 Å². The number of carbonyl (C=O) groups is 1. The topological polar surface area (TPSA) is 48.0 Å². The first-order chi connectivity index (χ1) is 15.0. The molecule has 1 aromatic rings. The molecule has 0 radical (unpaired) electrons. The standard InChI is InChI=1S/C26H41NO4/c1-6-7-8-9-26(28)31-17-21-13-23-22-15-25(30-5)24(29-4)14-19(22)10-11-27(23)16-20(21)12-18(2)3/h14-15,18,20-21,23H,6-13,16-17H2,1-5H3/t20-,21+,23-/m1/s1. The third kappa shape index (κ3) is 5.94. The highest BCUT2D eigenvalue weighted by atomic mass is 16.5. The molecule has 1 aromatic carbocycles. The number of carbonyl (C=O) groups excluding carboxylic acids is 1. The number of nitrogens with zero attached hydrogens (tertiary/aromatic N) is 1. The second-order valence-corrected chi connectivity index (χ2v) is 9.69. The van der Waals surface area contributed by atoms with Crippen molar-refractivity contribution >= 4 is 5.97 Å². The van der Waals surface area contributed by atoms with Gasteiger partial charge in [0.1, 0.15) is 0 Å². The number of esters is 1. The first-order valence-corrected chi connectivity index (χ1v) is 12.1. The normalized spacial score (nSPS) is 23.2. The molecule has 3 atom stereocenters. The van der Waals surface area contributed by atoms with E-state index in [1.54, 1.807) is 14.2 Å². The lowest BCUT2D eigenvalue weighted by atomic mass is 9.74. The monoisotopic (exact) mass is 431 g/mol. The summed E-state index contributed by atoms with van der Waals surface area (Å²) in [5, 5.41) is 0. The minimum Gasteiger partial charge on any atom is -0.493 e. The second-order valence-electron chi connectivity index (χ2n) is 9.69. The number of methoxy groups -OCH3 is 2. The van der Waals surface area contributed by atoms with Crippen molar-refractivity contribution in [3.05, 3.63) is 23.3 Å². The van der Waals surface area contributed by atoms with Gasteiger partial charge in [-0.3, -0.25) is 9.69 Å². The molecule has 0 aliphatic carbocycles. The van der Waals surface area contributed by atoms with Crippen LogP contribution in [0.4, 0.5) is 0 Å². The van der Waals surface area contributed by atoms with Gasteiger partial charge in [-0.15, -0.1) is 0 Å². The Labute approximate surface area is 188 Å². The van der Waals surface area contributed by atoms with Crippen LogP contribution in [0.5, 0.6) is 11.5 Å². The molecule has 0 spiro atoms. The SMILES string of the molecule is CCCCCC(=O)OC[C@@H]1C[C@@H]2c3cc(OC)c(OC)cc3CCN2C[C@H]1CC(C)C. The Hall–Kier alpha value is -1.75. The molecule has 0 unspecified atom stereocenters. The van der Waals surface area contributed by atoms with Gasteiger partial charge < -0.3 is 14.2 Å². The van der Waals surface area contributed by atoms with E-state index in [4.69, 9.17) is 14.2 Å². The van der Waals surface area contributed by atoms with Crippen LogP contribution in [0.25, 0.3) is 0 Å². The largest absolute Gasteiger partial charge is 0.493 e. The first kappa shape index (κ1) is 23.9. The van der Waals surface area contributed by atoms with Crippen molar-refractivity contribution < 1.29 is 19.0 Å². The number of piperidine rings is 1. The molecule has 1 fully saturated rings. The zero-order chi connectivity index (χ0) is 22.4. The number of fused-ring (bicyclic) bond motifs is 3. The molecule has 3 rings (SSSR count). The molecule has 0 bridgehead atoms. The smallest absolute Gasteiger partial charge is 0.305 e. The Bertz CT molecular complexity index is 732. The first-order valence-electron chi connectivity index (χ1n) is 12.1. The van der Waals surface area contributed by atoms with Crippen molar-refractivity contribution in [2.75, 3.05) is 33.9 Å². The Morgan fingerprint density at radius 2 is 1.87 bits per heavy atom. The predicted molar refractivity (Wildman–Crippen MR) is 124 cm³/mol. The molecule has 1 saturated heterocycles. The summed E-state index contributed by atoms with van der Waals surface area (Å²) in [6, 6.07) is 4.67. The van der Waals surface area contributed by atoms with Crippen LogP contribution in [0.1, 0.15) is 76.5 Å². The van der Waals surface area contributed by atoms with Gasteiger partial charge in [0.2, 0.25) is 0 Å². The number of hydrogen-bond donors (Lipinski definition) is 0. The van der Waals surface area contributed by atoms with Crippen molar-refractivity contribution in [1.82, 2.24) is 4.90 Å². The summed E-state index contributed by atoms with van der Waals surface area (Å²) in [6.07, 6.45) is 6.94. The molecule has 0 N–H and O–H groups in total. The number of benzene rings is 1. The number of unbranched alkanes of at least 4 members (excludes halogenated alkanes) is 2. The predicted octanol–water partition coefficient (Wildman–Crippen LogP) is 5.41. The maximum absolute atomic E-state index is 12.3. The summed E-state index contributed by atoms with van der Waals surface area (Å²) < 4.78 is 16.9. The van der Waals surface area contributed by atoms with Gasteiger partial charge in [-0.1, -0.05) is 33.6 Å². The highest BCUT2D eigenvalue weighted by Crippen LogP contribution is 2.45. The van der Waals surface area contributed by atoms with Gasteiger partial charge in [0.05, 0.1) is 20.8 Å². The maximum atomic E-state index is 12.3. The minimum atomic E-state index is -0.0328. The summed E-state index contributed by atoms with van der Waals surface area (Å²) in [5.41, 5.74) is 2.71. The van der Waals surface area contributed by atoms with Crippen LogP contribution in [0.15, 0.2) is 12.1 Å². The van der Waals surface area contributed by atoms with Gasteiger partial charge in [-0.05, 0) is 66.7 Å². The van der Waals surface area contributed by atoms with Crippen LogP contribution < -0.4 is 9.47 Å². The van der Waals surface area contributed by atoms with E-state index in [9.17, 15) is 4.79 Å². The lowest BCUT2D eigenvalue weighted by Gasteiger charge is -2.47. The lowest BCUT2D eigenvalue weighted by Crippen LogP contribution is -2.47. The molecule has 31 heavy (non-hydrogen) atoms. The highest BCUT2D eigenvalue weighted by molar-refractivity contribution is 5.69. The maximum Gasteiger partial charge on any atom is 0.305 e. The van der Waals surface area contributed by atoms with Crippen LogP contribution in [-0.4, -0.2) is 44.8 Å². The molecule has 2 heterocycles. The van der Waals surface area contributed by atoms with E-state index in [1.165, 1.54) is 17.5 Å². The summed E-state index contributed by atoms with van der Waals surface area (Å²) in [4.78, 5) is 14.9. The van der Waals surface area contributed by atoms with Gasteiger partial charge in [-0.25, -0.2) is 0 Å². The van der Waals surface area contributed by atoms with Crippen LogP contribution in [0.2, 0.25) is 0 Å². The molecule has 5 heteroatoms. The van der Waals surface area contributed by atoms with Gasteiger partial charge in [0.25, 0.3) is 0 Å². The molecule has 0 amide bonds. The van der Waals surface area contributed by atoms with Crippen molar-refractivity contribution in [2.45, 2.75) is 71.8 Å². The van der Waals surface area contributed by atoms with E-state index >= 15 is 0 Å². The molecule has 0 saturated carbocycles. The van der Waals surface area contributed by atoms with Gasteiger partial charge >= 0.3 is 5.97 Å². The third-order valence-electron chi connectivity index (χ3n) is 6.99. The van der Waals surface area contributed by atoms with Gasteiger partial charge in [0, 0.05) is 25.6 Å². The fraction of sp³-hybridized carbons (Fsp3) is 0.731. The van der Waals surface area contributed by atoms with Crippen molar-refractivity contribution in [3.8, 4) is 11.5 Å². The average Bonchev–Trinajstić information content (AvgIpc) is 2.76. The fourth-order valence-corrected chi connectivity index (χ4v) is 5.37. The zero-order valence-corrected chi connectivity index (χ0v) is 20.1. The Kier molecular flexibility index (Phi) is 8.65. The van der Waals surface area contributed by atoms with Gasteiger partial charge in [-0.2, -0.15) is 0 Å². The van der Waals surface area contributed by atoms with E-state index in [0.717, 1.165) is 56.7 Å². The number of hydrogen-bond acceptors (Lipinski definition) is 5. The molecule has 2 aliphatic rings. The Morgan fingerprint density at radius 1 is 1.13 bits per heavy atom. The second kappa shape index (κ2) is 11.2. The fourth-order valence-electron chi connectivity index (χ4n) is 5.37. The van der Waals surface area contributed by atoms with E-state index in [-0.39, 0.29) is 5.97 Å². The van der Waals surface area contributed by atoms with Crippen LogP contribution in [-0.2, 0) is 16.0 Å². The molecule has 174 valence electrons. The van der Waals surface area contributed by atoms with Crippen LogP contribution >= 0.6 is 0 Å². The summed E-state index contributed by atoms with van der Waals surface area (Å²) in [5.74, 6) is 3.19. The number of rotatable bonds is 10. The van der Waals surface area contributed by atoms with Gasteiger partial charge in [0.15, 0.2) is 11.5 Å². The molecular weight excluding hydrogens is 390 g/mol. The summed E-state index contributed by atoms with van der Waals surface area (Å²) in [6.45, 7) is 9.45. The lowest BCUT2D eigenvalue weighted by molar-refractivity contribution is -0.147. The number of ether oxygens (including phenoxy) is 3. The molecule has 5 nitrogen and oxygen atoms in total. The zero-order valence-electron chi connectivity index (χ0n) is 20.1. The van der Waals surface area contributed by atoms with Crippen LogP contribution in [0.3, 0.4) is 0 Å². The quantitative estimate of drug-likeness (QED) is 0.366.